The van der Waals surface area contributed by atoms with Crippen molar-refractivity contribution < 1.29 is 9.53 Å². The van der Waals surface area contributed by atoms with Gasteiger partial charge in [-0.2, -0.15) is 0 Å². The molecule has 2 saturated heterocycles. The van der Waals surface area contributed by atoms with Crippen LogP contribution in [0.25, 0.3) is 0 Å². The van der Waals surface area contributed by atoms with E-state index in [0.717, 1.165) is 51.0 Å². The standard InChI is InChI=1S/C24H30N2O2/c27-24(21-14-18-28-19-21)26(22-9-5-2-6-10-22)23-12-16-25(17-13-23)15-11-20-7-3-1-4-8-20/h1-10,21,23H,11-19H2. The minimum Gasteiger partial charge on any atom is -0.381 e. The number of ether oxygens (including phenoxy) is 1. The van der Waals surface area contributed by atoms with E-state index in [0.29, 0.717) is 13.2 Å². The van der Waals surface area contributed by atoms with Crippen molar-refractivity contribution in [3.05, 3.63) is 66.2 Å². The predicted molar refractivity (Wildman–Crippen MR) is 112 cm³/mol. The molecular formula is C24H30N2O2. The monoisotopic (exact) mass is 378 g/mol. The Morgan fingerprint density at radius 3 is 2.29 bits per heavy atom. The lowest BCUT2D eigenvalue weighted by molar-refractivity contribution is -0.123. The van der Waals surface area contributed by atoms with Crippen LogP contribution in [0, 0.1) is 5.92 Å². The number of amides is 1. The van der Waals surface area contributed by atoms with Gasteiger partial charge < -0.3 is 14.5 Å². The van der Waals surface area contributed by atoms with Crippen molar-refractivity contribution in [2.24, 2.45) is 5.92 Å². The van der Waals surface area contributed by atoms with E-state index >= 15 is 0 Å². The average molecular weight is 379 g/mol. The number of para-hydroxylation sites is 1. The molecule has 2 aliphatic heterocycles. The Hall–Kier alpha value is -2.17. The first-order valence-electron chi connectivity index (χ1n) is 10.5. The lowest BCUT2D eigenvalue weighted by Gasteiger charge is -2.39. The van der Waals surface area contributed by atoms with Gasteiger partial charge >= 0.3 is 0 Å². The highest BCUT2D eigenvalue weighted by Gasteiger charge is 2.34. The normalized spacial score (nSPS) is 20.9. The van der Waals surface area contributed by atoms with Gasteiger partial charge in [-0.05, 0) is 43.4 Å². The molecule has 2 aliphatic rings. The van der Waals surface area contributed by atoms with Crippen LogP contribution in [-0.2, 0) is 16.0 Å². The van der Waals surface area contributed by atoms with E-state index in [-0.39, 0.29) is 17.9 Å². The molecule has 28 heavy (non-hydrogen) atoms. The Balaban J connectivity index is 1.38. The summed E-state index contributed by atoms with van der Waals surface area (Å²) in [6.45, 7) is 4.46. The fraction of sp³-hybridized carbons (Fsp3) is 0.458. The van der Waals surface area contributed by atoms with Gasteiger partial charge in [-0.15, -0.1) is 0 Å². The van der Waals surface area contributed by atoms with E-state index in [2.05, 4.69) is 52.3 Å². The third-order valence-electron chi connectivity index (χ3n) is 6.03. The van der Waals surface area contributed by atoms with Crippen LogP contribution in [0.3, 0.4) is 0 Å². The van der Waals surface area contributed by atoms with Crippen molar-refractivity contribution in [3.8, 4) is 0 Å². The number of piperidine rings is 1. The zero-order chi connectivity index (χ0) is 19.2. The zero-order valence-electron chi connectivity index (χ0n) is 16.5. The van der Waals surface area contributed by atoms with E-state index in [1.807, 2.05) is 18.2 Å². The molecule has 0 spiro atoms. The fourth-order valence-electron chi connectivity index (χ4n) is 4.37. The van der Waals surface area contributed by atoms with Gasteiger partial charge in [0.15, 0.2) is 0 Å². The van der Waals surface area contributed by atoms with Crippen LogP contribution in [0.4, 0.5) is 5.69 Å². The molecular weight excluding hydrogens is 348 g/mol. The highest BCUT2D eigenvalue weighted by Crippen LogP contribution is 2.28. The topological polar surface area (TPSA) is 32.8 Å². The Labute approximate surface area is 168 Å². The third kappa shape index (κ3) is 4.62. The summed E-state index contributed by atoms with van der Waals surface area (Å²) >= 11 is 0. The van der Waals surface area contributed by atoms with Gasteiger partial charge in [0.2, 0.25) is 5.91 Å². The first-order valence-corrected chi connectivity index (χ1v) is 10.5. The Morgan fingerprint density at radius 2 is 1.64 bits per heavy atom. The molecule has 4 rings (SSSR count). The number of hydrogen-bond donors (Lipinski definition) is 0. The molecule has 0 bridgehead atoms. The van der Waals surface area contributed by atoms with Gasteiger partial charge in [0.25, 0.3) is 0 Å². The Kier molecular flexibility index (Phi) is 6.40. The number of anilines is 1. The number of hydrogen-bond acceptors (Lipinski definition) is 3. The fourth-order valence-corrected chi connectivity index (χ4v) is 4.37. The second-order valence-electron chi connectivity index (χ2n) is 7.91. The molecule has 1 atom stereocenters. The molecule has 0 radical (unpaired) electrons. The number of nitrogens with zero attached hydrogens (tertiary/aromatic N) is 2. The smallest absolute Gasteiger partial charge is 0.232 e. The van der Waals surface area contributed by atoms with Crippen molar-refractivity contribution in [2.45, 2.75) is 31.7 Å². The van der Waals surface area contributed by atoms with E-state index in [4.69, 9.17) is 4.74 Å². The number of carbonyl (C=O) groups excluding carboxylic acids is 1. The molecule has 0 aromatic heterocycles. The number of likely N-dealkylation sites (tertiary alicyclic amines) is 1. The molecule has 148 valence electrons. The van der Waals surface area contributed by atoms with Crippen LogP contribution in [0.2, 0.25) is 0 Å². The third-order valence-corrected chi connectivity index (χ3v) is 6.03. The molecule has 4 nitrogen and oxygen atoms in total. The number of carbonyl (C=O) groups is 1. The minimum atomic E-state index is 0.0105. The van der Waals surface area contributed by atoms with E-state index < -0.39 is 0 Å². The average Bonchev–Trinajstić information content (AvgIpc) is 3.30. The van der Waals surface area contributed by atoms with Crippen molar-refractivity contribution >= 4 is 11.6 Å². The predicted octanol–water partition coefficient (Wildman–Crippen LogP) is 3.76. The Morgan fingerprint density at radius 1 is 0.964 bits per heavy atom. The maximum absolute atomic E-state index is 13.3. The van der Waals surface area contributed by atoms with Gasteiger partial charge in [0.05, 0.1) is 12.5 Å². The van der Waals surface area contributed by atoms with Crippen LogP contribution in [0.1, 0.15) is 24.8 Å². The zero-order valence-corrected chi connectivity index (χ0v) is 16.5. The summed E-state index contributed by atoms with van der Waals surface area (Å²) in [4.78, 5) is 17.9. The summed E-state index contributed by atoms with van der Waals surface area (Å²) in [5.41, 5.74) is 2.43. The van der Waals surface area contributed by atoms with Gasteiger partial charge in [0.1, 0.15) is 0 Å². The molecule has 2 aromatic rings. The SMILES string of the molecule is O=C(C1CCOC1)N(c1ccccc1)C1CCN(CCc2ccccc2)CC1. The molecule has 4 heteroatoms. The second-order valence-corrected chi connectivity index (χ2v) is 7.91. The molecule has 0 N–H and O–H groups in total. The van der Waals surface area contributed by atoms with Gasteiger partial charge in [-0.1, -0.05) is 48.5 Å². The largest absolute Gasteiger partial charge is 0.381 e. The first kappa shape index (κ1) is 19.2. The van der Waals surface area contributed by atoms with Crippen LogP contribution in [-0.4, -0.2) is 49.7 Å². The number of rotatable bonds is 6. The molecule has 0 saturated carbocycles. The Bertz CT molecular complexity index is 736. The summed E-state index contributed by atoms with van der Waals surface area (Å²) in [7, 11) is 0. The lowest BCUT2D eigenvalue weighted by atomic mass is 9.98. The summed E-state index contributed by atoms with van der Waals surface area (Å²) in [5.74, 6) is 0.253. The van der Waals surface area contributed by atoms with E-state index in [9.17, 15) is 4.79 Å². The second kappa shape index (κ2) is 9.35. The van der Waals surface area contributed by atoms with E-state index in [1.54, 1.807) is 0 Å². The maximum Gasteiger partial charge on any atom is 0.232 e. The van der Waals surface area contributed by atoms with E-state index in [1.165, 1.54) is 5.56 Å². The van der Waals surface area contributed by atoms with Crippen LogP contribution < -0.4 is 4.90 Å². The highest BCUT2D eigenvalue weighted by molar-refractivity contribution is 5.95. The molecule has 1 unspecified atom stereocenters. The van der Waals surface area contributed by atoms with Gasteiger partial charge in [0, 0.05) is 38.0 Å². The summed E-state index contributed by atoms with van der Waals surface area (Å²) < 4.78 is 5.49. The molecule has 2 fully saturated rings. The van der Waals surface area contributed by atoms with Crippen molar-refractivity contribution in [2.75, 3.05) is 37.7 Å². The summed E-state index contributed by atoms with van der Waals surface area (Å²) in [5, 5.41) is 0. The minimum absolute atomic E-state index is 0.0105. The van der Waals surface area contributed by atoms with Crippen molar-refractivity contribution in [3.63, 3.8) is 0 Å². The van der Waals surface area contributed by atoms with Gasteiger partial charge in [-0.3, -0.25) is 4.79 Å². The molecule has 1 amide bonds. The quantitative estimate of drug-likeness (QED) is 0.767. The molecule has 2 aromatic carbocycles. The van der Waals surface area contributed by atoms with Crippen LogP contribution in [0.15, 0.2) is 60.7 Å². The lowest BCUT2D eigenvalue weighted by Crippen LogP contribution is -2.50. The maximum atomic E-state index is 13.3. The van der Waals surface area contributed by atoms with Crippen molar-refractivity contribution in [1.82, 2.24) is 4.90 Å². The van der Waals surface area contributed by atoms with Crippen LogP contribution in [0.5, 0.6) is 0 Å². The summed E-state index contributed by atoms with van der Waals surface area (Å²) in [6.07, 6.45) is 4.00. The molecule has 2 heterocycles. The van der Waals surface area contributed by atoms with Gasteiger partial charge in [-0.25, -0.2) is 0 Å². The van der Waals surface area contributed by atoms with Crippen LogP contribution >= 0.6 is 0 Å². The van der Waals surface area contributed by atoms with Crippen molar-refractivity contribution in [1.29, 1.82) is 0 Å². The molecule has 0 aliphatic carbocycles. The number of benzene rings is 2. The summed E-state index contributed by atoms with van der Waals surface area (Å²) in [6, 6.07) is 21.2. The first-order chi connectivity index (χ1) is 13.8. The highest BCUT2D eigenvalue weighted by atomic mass is 16.5.